The SMILES string of the molecule is COc1ccc(C(=O)NCc2ccc(-c3nc4ccccc4s3)o2)cn1. The maximum absolute atomic E-state index is 12.2. The monoisotopic (exact) mass is 365 g/mol. The number of benzene rings is 1. The highest BCUT2D eigenvalue weighted by Gasteiger charge is 2.12. The van der Waals surface area contributed by atoms with Crippen molar-refractivity contribution in [3.05, 3.63) is 66.1 Å². The van der Waals surface area contributed by atoms with Crippen LogP contribution in [0.5, 0.6) is 5.88 Å². The molecule has 3 heterocycles. The molecule has 0 unspecified atom stereocenters. The van der Waals surface area contributed by atoms with Crippen molar-refractivity contribution >= 4 is 27.5 Å². The molecule has 0 radical (unpaired) electrons. The minimum Gasteiger partial charge on any atom is -0.481 e. The van der Waals surface area contributed by atoms with Gasteiger partial charge in [0.1, 0.15) is 5.76 Å². The number of amides is 1. The number of nitrogens with zero attached hydrogens (tertiary/aromatic N) is 2. The smallest absolute Gasteiger partial charge is 0.253 e. The fourth-order valence-electron chi connectivity index (χ4n) is 2.47. The topological polar surface area (TPSA) is 77.2 Å². The van der Waals surface area contributed by atoms with Crippen molar-refractivity contribution in [2.75, 3.05) is 7.11 Å². The largest absolute Gasteiger partial charge is 0.481 e. The molecule has 3 aromatic heterocycles. The maximum Gasteiger partial charge on any atom is 0.253 e. The van der Waals surface area contributed by atoms with Crippen LogP contribution >= 0.6 is 11.3 Å². The predicted octanol–water partition coefficient (Wildman–Crippen LogP) is 3.89. The summed E-state index contributed by atoms with van der Waals surface area (Å²) in [6.45, 7) is 0.287. The van der Waals surface area contributed by atoms with E-state index in [-0.39, 0.29) is 12.5 Å². The number of carbonyl (C=O) groups excluding carboxylic acids is 1. The normalized spacial score (nSPS) is 10.8. The van der Waals surface area contributed by atoms with Crippen molar-refractivity contribution in [2.24, 2.45) is 0 Å². The van der Waals surface area contributed by atoms with Gasteiger partial charge in [-0.05, 0) is 30.3 Å². The molecular weight excluding hydrogens is 350 g/mol. The van der Waals surface area contributed by atoms with Gasteiger partial charge >= 0.3 is 0 Å². The van der Waals surface area contributed by atoms with Gasteiger partial charge in [-0.15, -0.1) is 11.3 Å². The molecule has 1 amide bonds. The van der Waals surface area contributed by atoms with E-state index in [4.69, 9.17) is 9.15 Å². The molecule has 0 aliphatic rings. The van der Waals surface area contributed by atoms with E-state index in [0.717, 1.165) is 15.2 Å². The standard InChI is InChI=1S/C19H15N3O3S/c1-24-17-9-6-12(10-20-17)18(23)21-11-13-7-8-15(25-13)19-22-14-4-2-3-5-16(14)26-19/h2-10H,11H2,1H3,(H,21,23). The number of fused-ring (bicyclic) bond motifs is 1. The van der Waals surface area contributed by atoms with E-state index in [1.54, 1.807) is 23.5 Å². The molecular formula is C19H15N3O3S. The molecule has 1 N–H and O–H groups in total. The number of pyridine rings is 1. The van der Waals surface area contributed by atoms with Gasteiger partial charge in [-0.25, -0.2) is 9.97 Å². The molecule has 6 nitrogen and oxygen atoms in total. The van der Waals surface area contributed by atoms with Gasteiger partial charge in [0.25, 0.3) is 5.91 Å². The number of para-hydroxylation sites is 1. The number of furan rings is 1. The Kier molecular flexibility index (Phi) is 4.37. The molecule has 7 heteroatoms. The number of aromatic nitrogens is 2. The number of carbonyl (C=O) groups is 1. The average Bonchev–Trinajstić information content (AvgIpc) is 3.32. The van der Waals surface area contributed by atoms with E-state index >= 15 is 0 Å². The van der Waals surface area contributed by atoms with Crippen molar-refractivity contribution in [1.82, 2.24) is 15.3 Å². The third-order valence-electron chi connectivity index (χ3n) is 3.80. The van der Waals surface area contributed by atoms with E-state index < -0.39 is 0 Å². The second-order valence-electron chi connectivity index (χ2n) is 5.52. The van der Waals surface area contributed by atoms with E-state index in [9.17, 15) is 4.79 Å². The summed E-state index contributed by atoms with van der Waals surface area (Å²) in [4.78, 5) is 20.8. The maximum atomic E-state index is 12.2. The Labute approximate surface area is 153 Å². The Hall–Kier alpha value is -3.19. The molecule has 0 atom stereocenters. The highest BCUT2D eigenvalue weighted by Crippen LogP contribution is 2.31. The Balaban J connectivity index is 1.43. The molecule has 4 aromatic rings. The first-order valence-electron chi connectivity index (χ1n) is 7.96. The van der Waals surface area contributed by atoms with Crippen molar-refractivity contribution < 1.29 is 13.9 Å². The minimum atomic E-state index is -0.224. The van der Waals surface area contributed by atoms with Gasteiger partial charge in [-0.3, -0.25) is 4.79 Å². The van der Waals surface area contributed by atoms with Crippen LogP contribution in [0.15, 0.2) is 59.1 Å². The zero-order valence-electron chi connectivity index (χ0n) is 13.9. The second kappa shape index (κ2) is 6.97. The van der Waals surface area contributed by atoms with Crippen molar-refractivity contribution in [1.29, 1.82) is 0 Å². The van der Waals surface area contributed by atoms with E-state index in [2.05, 4.69) is 15.3 Å². The number of hydrogen-bond acceptors (Lipinski definition) is 6. The Bertz CT molecular complexity index is 1020. The van der Waals surface area contributed by atoms with Crippen molar-refractivity contribution in [3.8, 4) is 16.6 Å². The number of rotatable bonds is 5. The van der Waals surface area contributed by atoms with Crippen LogP contribution in [-0.2, 0) is 6.54 Å². The molecule has 0 fully saturated rings. The first-order chi connectivity index (χ1) is 12.7. The van der Waals surface area contributed by atoms with Gasteiger partial charge in [0.05, 0.1) is 29.4 Å². The fourth-order valence-corrected chi connectivity index (χ4v) is 3.40. The van der Waals surface area contributed by atoms with Crippen LogP contribution in [0.4, 0.5) is 0 Å². The third kappa shape index (κ3) is 3.29. The summed E-state index contributed by atoms with van der Waals surface area (Å²) in [6, 6.07) is 15.0. The van der Waals surface area contributed by atoms with Gasteiger partial charge in [0.2, 0.25) is 5.88 Å². The molecule has 0 aliphatic heterocycles. The second-order valence-corrected chi connectivity index (χ2v) is 6.56. The lowest BCUT2D eigenvalue weighted by Crippen LogP contribution is -2.22. The zero-order valence-corrected chi connectivity index (χ0v) is 14.7. The zero-order chi connectivity index (χ0) is 17.9. The minimum absolute atomic E-state index is 0.224. The lowest BCUT2D eigenvalue weighted by Gasteiger charge is -2.04. The average molecular weight is 365 g/mol. The van der Waals surface area contributed by atoms with Crippen LogP contribution in [0.2, 0.25) is 0 Å². The number of hydrogen-bond donors (Lipinski definition) is 1. The molecule has 130 valence electrons. The Morgan fingerprint density at radius 1 is 1.19 bits per heavy atom. The molecule has 0 aliphatic carbocycles. The van der Waals surface area contributed by atoms with E-state index in [1.807, 2.05) is 36.4 Å². The van der Waals surface area contributed by atoms with E-state index in [1.165, 1.54) is 13.3 Å². The Morgan fingerprint density at radius 3 is 2.85 bits per heavy atom. The first-order valence-corrected chi connectivity index (χ1v) is 8.77. The molecule has 26 heavy (non-hydrogen) atoms. The van der Waals surface area contributed by atoms with Crippen LogP contribution in [0, 0.1) is 0 Å². The van der Waals surface area contributed by atoms with E-state index in [0.29, 0.717) is 23.0 Å². The van der Waals surface area contributed by atoms with Gasteiger partial charge in [0, 0.05) is 12.3 Å². The quantitative estimate of drug-likeness (QED) is 0.581. The molecule has 0 saturated heterocycles. The Morgan fingerprint density at radius 2 is 2.08 bits per heavy atom. The van der Waals surface area contributed by atoms with Crippen LogP contribution in [0.25, 0.3) is 21.0 Å². The number of ether oxygens (including phenoxy) is 1. The highest BCUT2D eigenvalue weighted by atomic mass is 32.1. The first kappa shape index (κ1) is 16.3. The van der Waals surface area contributed by atoms with Crippen LogP contribution in [-0.4, -0.2) is 23.0 Å². The predicted molar refractivity (Wildman–Crippen MR) is 99.3 cm³/mol. The number of methoxy groups -OCH3 is 1. The molecule has 0 saturated carbocycles. The van der Waals surface area contributed by atoms with Crippen LogP contribution in [0.1, 0.15) is 16.1 Å². The summed E-state index contributed by atoms with van der Waals surface area (Å²) in [5.41, 5.74) is 1.41. The highest BCUT2D eigenvalue weighted by molar-refractivity contribution is 7.21. The lowest BCUT2D eigenvalue weighted by molar-refractivity contribution is 0.0947. The molecule has 0 bridgehead atoms. The molecule has 1 aromatic carbocycles. The fraction of sp³-hybridized carbons (Fsp3) is 0.105. The summed E-state index contributed by atoms with van der Waals surface area (Å²) in [5.74, 6) is 1.60. The lowest BCUT2D eigenvalue weighted by atomic mass is 10.2. The molecule has 4 rings (SSSR count). The van der Waals surface area contributed by atoms with Gasteiger partial charge in [-0.2, -0.15) is 0 Å². The number of thiazole rings is 1. The summed E-state index contributed by atoms with van der Waals surface area (Å²) < 4.78 is 11.9. The summed E-state index contributed by atoms with van der Waals surface area (Å²) in [7, 11) is 1.53. The summed E-state index contributed by atoms with van der Waals surface area (Å²) >= 11 is 1.58. The van der Waals surface area contributed by atoms with Crippen LogP contribution in [0.3, 0.4) is 0 Å². The molecule has 0 spiro atoms. The number of nitrogens with one attached hydrogen (secondary N) is 1. The van der Waals surface area contributed by atoms with Crippen molar-refractivity contribution in [2.45, 2.75) is 6.54 Å². The van der Waals surface area contributed by atoms with Gasteiger partial charge in [0.15, 0.2) is 10.8 Å². The summed E-state index contributed by atoms with van der Waals surface area (Å²) in [6.07, 6.45) is 1.48. The van der Waals surface area contributed by atoms with Crippen LogP contribution < -0.4 is 10.1 Å². The van der Waals surface area contributed by atoms with Crippen molar-refractivity contribution in [3.63, 3.8) is 0 Å². The van der Waals surface area contributed by atoms with Gasteiger partial charge < -0.3 is 14.5 Å². The third-order valence-corrected chi connectivity index (χ3v) is 4.85. The summed E-state index contributed by atoms with van der Waals surface area (Å²) in [5, 5.41) is 3.64. The van der Waals surface area contributed by atoms with Gasteiger partial charge in [-0.1, -0.05) is 12.1 Å².